The van der Waals surface area contributed by atoms with E-state index in [0.717, 1.165) is 5.70 Å². The van der Waals surface area contributed by atoms with Gasteiger partial charge in [-0.15, -0.1) is 0 Å². The first-order chi connectivity index (χ1) is 3.81. The van der Waals surface area contributed by atoms with Crippen molar-refractivity contribution in [2.45, 2.75) is 13.8 Å². The van der Waals surface area contributed by atoms with Crippen LogP contribution in [0.25, 0.3) is 0 Å². The molecule has 0 saturated heterocycles. The summed E-state index contributed by atoms with van der Waals surface area (Å²) in [5.74, 6) is 0. The summed E-state index contributed by atoms with van der Waals surface area (Å²) < 4.78 is 0. The molecule has 0 aliphatic rings. The quantitative estimate of drug-likeness (QED) is 0.432. The molecule has 0 fully saturated rings. The lowest BCUT2D eigenvalue weighted by Gasteiger charge is -1.92. The number of allylic oxidation sites excluding steroid dienone is 2. The molecule has 0 saturated carbocycles. The predicted octanol–water partition coefficient (Wildman–Crippen LogP) is 1.74. The Hall–Kier alpha value is -0.860. The summed E-state index contributed by atoms with van der Waals surface area (Å²) in [6.45, 7) is 3.86. The summed E-state index contributed by atoms with van der Waals surface area (Å²) in [7, 11) is 1.62. The average molecular weight is 115 g/mol. The minimum Gasteiger partial charge on any atom is -0.265 e. The number of nitrogens with zero attached hydrogens (tertiary/aromatic N) is 2. The lowest BCUT2D eigenvalue weighted by molar-refractivity contribution is 0.799. The maximum atomic E-state index is 3.55. The van der Waals surface area contributed by atoms with Crippen molar-refractivity contribution in [2.75, 3.05) is 7.05 Å². The summed E-state index contributed by atoms with van der Waals surface area (Å²) in [6, 6.07) is 0. The Morgan fingerprint density at radius 2 is 2.38 bits per heavy atom. The zero-order valence-electron chi connectivity index (χ0n) is 5.47. The van der Waals surface area contributed by atoms with E-state index in [9.17, 15) is 0 Å². The first-order valence-corrected chi connectivity index (χ1v) is 2.49. The zero-order valence-corrected chi connectivity index (χ0v) is 5.47. The van der Waals surface area contributed by atoms with Gasteiger partial charge in [0.2, 0.25) is 0 Å². The van der Waals surface area contributed by atoms with Gasteiger partial charge in [0.1, 0.15) is 0 Å². The number of rotatable bonds is 2. The van der Waals surface area contributed by atoms with Crippen LogP contribution in [-0.2, 0) is 0 Å². The van der Waals surface area contributed by atoms with Crippen LogP contribution >= 0.6 is 0 Å². The fraction of sp³-hybridized carbons (Fsp3) is 0.600. The molecule has 0 spiro atoms. The molecule has 0 rings (SSSR count). The number of hydrogen-bond donors (Lipinski definition) is 1. The molecule has 0 aliphatic heterocycles. The minimum atomic E-state index is 0. The van der Waals surface area contributed by atoms with Crippen molar-refractivity contribution in [3.63, 3.8) is 0 Å². The van der Waals surface area contributed by atoms with Gasteiger partial charge in [0, 0.05) is 7.12 Å². The third-order valence-corrected chi connectivity index (χ3v) is 0.759. The monoisotopic (exact) mass is 115 g/mol. The van der Waals surface area contributed by atoms with E-state index < -0.39 is 0 Å². The third kappa shape index (κ3) is 3.33. The van der Waals surface area contributed by atoms with E-state index in [-0.39, 0.29) is 1.43 Å². The molecular formula is C5H13N3. The van der Waals surface area contributed by atoms with Gasteiger partial charge < -0.3 is 0 Å². The second-order valence-electron chi connectivity index (χ2n) is 1.38. The van der Waals surface area contributed by atoms with E-state index >= 15 is 0 Å². The summed E-state index contributed by atoms with van der Waals surface area (Å²) in [4.78, 5) is 0. The average Bonchev–Trinajstić information content (AvgIpc) is 1.83. The van der Waals surface area contributed by atoms with Gasteiger partial charge >= 0.3 is 0 Å². The minimum absolute atomic E-state index is 0. The van der Waals surface area contributed by atoms with Crippen LogP contribution in [-0.4, -0.2) is 7.05 Å². The SMILES string of the molecule is C/C=C(\C)NN=NC.[HH]. The molecule has 0 bridgehead atoms. The maximum absolute atomic E-state index is 3.55. The Kier molecular flexibility index (Phi) is 3.84. The van der Waals surface area contributed by atoms with Crippen molar-refractivity contribution < 1.29 is 1.43 Å². The molecule has 0 heterocycles. The van der Waals surface area contributed by atoms with Crippen molar-refractivity contribution >= 4 is 0 Å². The summed E-state index contributed by atoms with van der Waals surface area (Å²) >= 11 is 0. The number of hydrogen-bond acceptors (Lipinski definition) is 2. The van der Waals surface area contributed by atoms with Gasteiger partial charge in [0.15, 0.2) is 0 Å². The van der Waals surface area contributed by atoms with E-state index in [1.807, 2.05) is 19.9 Å². The molecule has 1 N–H and O–H groups in total. The van der Waals surface area contributed by atoms with Gasteiger partial charge in [-0.25, -0.2) is 0 Å². The van der Waals surface area contributed by atoms with Crippen LogP contribution in [0.5, 0.6) is 0 Å². The normalized spacial score (nSPS) is 12.6. The van der Waals surface area contributed by atoms with Gasteiger partial charge in [-0.05, 0) is 13.8 Å². The predicted molar refractivity (Wildman–Crippen MR) is 35.5 cm³/mol. The molecule has 0 radical (unpaired) electrons. The topological polar surface area (TPSA) is 36.8 Å². The van der Waals surface area contributed by atoms with Crippen LogP contribution < -0.4 is 5.43 Å². The molecule has 0 unspecified atom stereocenters. The van der Waals surface area contributed by atoms with Crippen molar-refractivity contribution in [2.24, 2.45) is 10.3 Å². The van der Waals surface area contributed by atoms with E-state index in [4.69, 9.17) is 0 Å². The highest BCUT2D eigenvalue weighted by atomic mass is 15.4. The zero-order chi connectivity index (χ0) is 6.41. The van der Waals surface area contributed by atoms with Crippen LogP contribution in [0.4, 0.5) is 0 Å². The van der Waals surface area contributed by atoms with Gasteiger partial charge in [-0.2, -0.15) is 5.11 Å². The van der Waals surface area contributed by atoms with Crippen LogP contribution in [0.1, 0.15) is 15.3 Å². The Morgan fingerprint density at radius 1 is 1.75 bits per heavy atom. The molecule has 0 aromatic carbocycles. The Balaban J connectivity index is 0. The summed E-state index contributed by atoms with van der Waals surface area (Å²) in [5, 5.41) is 7.05. The smallest absolute Gasteiger partial charge is 0.0509 e. The van der Waals surface area contributed by atoms with Crippen LogP contribution in [0.15, 0.2) is 22.1 Å². The lowest BCUT2D eigenvalue weighted by atomic mass is 10.5. The van der Waals surface area contributed by atoms with Gasteiger partial charge in [-0.3, -0.25) is 5.43 Å². The largest absolute Gasteiger partial charge is 0.265 e. The van der Waals surface area contributed by atoms with E-state index in [2.05, 4.69) is 15.8 Å². The highest BCUT2D eigenvalue weighted by molar-refractivity contribution is 4.89. The van der Waals surface area contributed by atoms with Crippen LogP contribution in [0.2, 0.25) is 0 Å². The molecule has 3 nitrogen and oxygen atoms in total. The molecule has 0 aromatic heterocycles. The second-order valence-corrected chi connectivity index (χ2v) is 1.38. The molecule has 48 valence electrons. The fourth-order valence-electron chi connectivity index (χ4n) is 0.193. The first kappa shape index (κ1) is 7.14. The van der Waals surface area contributed by atoms with E-state index in [1.165, 1.54) is 0 Å². The van der Waals surface area contributed by atoms with Gasteiger partial charge in [-0.1, -0.05) is 11.3 Å². The van der Waals surface area contributed by atoms with Crippen molar-refractivity contribution in [3.05, 3.63) is 11.8 Å². The van der Waals surface area contributed by atoms with Gasteiger partial charge in [0.25, 0.3) is 0 Å². The molecule has 0 atom stereocenters. The fourth-order valence-corrected chi connectivity index (χ4v) is 0.193. The molecule has 0 aromatic rings. The van der Waals surface area contributed by atoms with Crippen LogP contribution in [0, 0.1) is 0 Å². The highest BCUT2D eigenvalue weighted by Gasteiger charge is 1.75. The van der Waals surface area contributed by atoms with Crippen molar-refractivity contribution in [3.8, 4) is 0 Å². The van der Waals surface area contributed by atoms with E-state index in [0.29, 0.717) is 0 Å². The Bertz CT molecular complexity index is 109. The number of nitrogens with one attached hydrogen (secondary N) is 1. The second kappa shape index (κ2) is 4.30. The molecule has 3 heteroatoms. The van der Waals surface area contributed by atoms with E-state index in [1.54, 1.807) is 7.05 Å². The van der Waals surface area contributed by atoms with Crippen molar-refractivity contribution in [1.29, 1.82) is 0 Å². The third-order valence-electron chi connectivity index (χ3n) is 0.759. The summed E-state index contributed by atoms with van der Waals surface area (Å²) in [5.41, 5.74) is 3.71. The van der Waals surface area contributed by atoms with Crippen LogP contribution in [0.3, 0.4) is 0 Å². The summed E-state index contributed by atoms with van der Waals surface area (Å²) in [6.07, 6.45) is 1.93. The highest BCUT2D eigenvalue weighted by Crippen LogP contribution is 1.82. The van der Waals surface area contributed by atoms with Crippen molar-refractivity contribution in [1.82, 2.24) is 5.43 Å². The van der Waals surface area contributed by atoms with Gasteiger partial charge in [0.05, 0.1) is 7.05 Å². The Morgan fingerprint density at radius 3 is 2.75 bits per heavy atom. The molecular weight excluding hydrogens is 102 g/mol. The Labute approximate surface area is 51.0 Å². The molecule has 0 aliphatic carbocycles. The lowest BCUT2D eigenvalue weighted by Crippen LogP contribution is -1.98. The molecule has 8 heavy (non-hydrogen) atoms. The standard InChI is InChI=1S/C5H11N3.H2/c1-4-5(2)7-8-6-3;/h4H,1-3H3,(H,6,7);1H/b5-4+;. The maximum Gasteiger partial charge on any atom is 0.0509 e. The first-order valence-electron chi connectivity index (χ1n) is 2.49. The molecule has 0 amide bonds.